The van der Waals surface area contributed by atoms with Gasteiger partial charge in [0.25, 0.3) is 11.8 Å². The van der Waals surface area contributed by atoms with E-state index in [0.717, 1.165) is 84.0 Å². The molecule has 1 saturated heterocycles. The number of thiocarbonyl (C=S) groups is 1. The number of amides is 7. The van der Waals surface area contributed by atoms with Crippen molar-refractivity contribution in [3.63, 3.8) is 0 Å². The molecule has 5 rings (SSSR count). The first kappa shape index (κ1) is 131. The Morgan fingerprint density at radius 2 is 0.931 bits per heavy atom. The summed E-state index contributed by atoms with van der Waals surface area (Å²) in [6.07, 6.45) is 7.26. The van der Waals surface area contributed by atoms with E-state index in [1.165, 1.54) is 4.90 Å². The van der Waals surface area contributed by atoms with Crippen molar-refractivity contribution in [3.8, 4) is 0 Å². The van der Waals surface area contributed by atoms with Gasteiger partial charge in [-0.2, -0.15) is 28.8 Å². The Morgan fingerprint density at radius 1 is 0.479 bits per heavy atom. The van der Waals surface area contributed by atoms with E-state index in [4.69, 9.17) is 70.7 Å². The van der Waals surface area contributed by atoms with E-state index in [9.17, 15) is 98.3 Å². The molecular formula is C96H140N16O31S. The summed E-state index contributed by atoms with van der Waals surface area (Å²) in [6, 6.07) is 28.8. The highest BCUT2D eigenvalue weighted by molar-refractivity contribution is 7.80. The first-order valence-electron chi connectivity index (χ1n) is 46.4. The standard InChI is InChI=1S/C34H48N6O5S.C33H53N5O11.C26H39N5O9.3CO2/c1-26(29-12-14-30(15-13-29)36-37-35)16-20-45-19-6-5-7-32(46)22-28-10-8-27(9-11-28)21-31(23-39(4)18-17-38(2)3)40(24-33(41)42)25-34(43)44;1-26-4-6-27(7-5-26)32(44)35-11-3-19-48-21-23-49-22-20-47-18-2-10-34-29(39)9-8-28(33(45)46)38-16-14-36(24-30(40)41)12-13-37(15-17-38)25-31(42)43;1-19-6-8-21(9-7-19)26(37)27-15-4-3-5-16-29(38)24(35)12-10-22(33)14-17-30(39)25(36)13-11-23(34)28-18-31(40)20(2)32;3*2-1-3/h8-15,31H,1,5-7,16-25H2,2-4H3,(H,41,42)(H,43,44);4-7,28H,2-3,8-25H2,1H3,(H,34,39)(H,35,44)(H,40,41)(H,42,43)(H,45,46);6-9,38-40H,3-5,10-18H2,1-2H3,(H,27,37)(H,28,34);;;. The van der Waals surface area contributed by atoms with Gasteiger partial charge < -0.3 is 75.5 Å². The zero-order valence-corrected chi connectivity index (χ0v) is 83.5. The Bertz CT molecular complexity index is 4600. The van der Waals surface area contributed by atoms with E-state index in [1.54, 1.807) is 51.1 Å². The lowest BCUT2D eigenvalue weighted by Gasteiger charge is -2.33. The van der Waals surface area contributed by atoms with Gasteiger partial charge in [0.15, 0.2) is 0 Å². The number of ketones is 1. The van der Waals surface area contributed by atoms with E-state index in [1.807, 2.05) is 95.7 Å². The second kappa shape index (κ2) is 81.4. The number of aliphatic carboxylic acids is 5. The summed E-state index contributed by atoms with van der Waals surface area (Å²) in [5.74, 6) is -8.92. The van der Waals surface area contributed by atoms with Crippen LogP contribution in [-0.2, 0) is 113 Å². The summed E-state index contributed by atoms with van der Waals surface area (Å²) >= 11 is 5.65. The Kier molecular flexibility index (Phi) is 74.0. The number of aryl methyl sites for hydroxylation is 2. The molecule has 2 unspecified atom stereocenters. The van der Waals surface area contributed by atoms with Crippen molar-refractivity contribution in [2.45, 2.75) is 148 Å². The number of benzene rings is 4. The van der Waals surface area contributed by atoms with E-state index in [2.05, 4.69) is 47.7 Å². The number of likely N-dealkylation sites (N-methyl/N-ethyl adjacent to an activating group) is 2. The van der Waals surface area contributed by atoms with Crippen molar-refractivity contribution in [2.75, 3.05) is 198 Å². The lowest BCUT2D eigenvalue weighted by Crippen LogP contribution is -2.49. The van der Waals surface area contributed by atoms with Crippen LogP contribution >= 0.6 is 12.2 Å². The second-order valence-corrected chi connectivity index (χ2v) is 33.6. The molecule has 0 aromatic heterocycles. The fourth-order valence-electron chi connectivity index (χ4n) is 13.3. The minimum atomic E-state index is -1.09. The van der Waals surface area contributed by atoms with Crippen molar-refractivity contribution in [3.05, 3.63) is 153 Å². The predicted octanol–water partition coefficient (Wildman–Crippen LogP) is 5.11. The van der Waals surface area contributed by atoms with Crippen LogP contribution in [0.15, 0.2) is 109 Å². The van der Waals surface area contributed by atoms with Crippen molar-refractivity contribution >= 4 is 124 Å². The monoisotopic (exact) mass is 2040 g/mol. The molecule has 4 aromatic rings. The summed E-state index contributed by atoms with van der Waals surface area (Å²) in [5.41, 5.74) is 16.6. The van der Waals surface area contributed by atoms with Gasteiger partial charge >= 0.3 is 48.3 Å². The van der Waals surface area contributed by atoms with Gasteiger partial charge in [-0.05, 0) is 163 Å². The average molecular weight is 2050 g/mol. The summed E-state index contributed by atoms with van der Waals surface area (Å²) in [4.78, 5) is 216. The molecule has 12 N–H and O–H groups in total. The predicted molar refractivity (Wildman–Crippen MR) is 520 cm³/mol. The average Bonchev–Trinajstić information content (AvgIpc) is 1.10. The molecule has 2 atom stereocenters. The van der Waals surface area contributed by atoms with E-state index in [0.29, 0.717) is 177 Å². The van der Waals surface area contributed by atoms with Gasteiger partial charge in [0, 0.05) is 185 Å². The molecule has 796 valence electrons. The molecule has 1 fully saturated rings. The van der Waals surface area contributed by atoms with Gasteiger partial charge in [-0.15, -0.1) is 0 Å². The molecule has 0 aliphatic carbocycles. The number of hydrogen-bond acceptors (Lipinski definition) is 34. The molecule has 1 aliphatic heterocycles. The minimum Gasteiger partial charge on any atom is -0.480 e. The number of carbonyl (C=O) groups excluding carboxylic acids is 14. The molecule has 48 heteroatoms. The van der Waals surface area contributed by atoms with E-state index >= 15 is 0 Å². The van der Waals surface area contributed by atoms with Crippen LogP contribution in [0.4, 0.5) is 5.69 Å². The summed E-state index contributed by atoms with van der Waals surface area (Å²) in [5, 5.41) is 91.5. The minimum absolute atomic E-state index is 0.00994. The third-order valence-electron chi connectivity index (χ3n) is 21.1. The number of carboxylic acid groups (broad SMARTS) is 5. The number of ether oxygens (including phenoxy) is 4. The van der Waals surface area contributed by atoms with Crippen LogP contribution in [0.3, 0.4) is 0 Å². The Balaban J connectivity index is 0.00000205. The Morgan fingerprint density at radius 3 is 1.42 bits per heavy atom. The van der Waals surface area contributed by atoms with Crippen LogP contribution in [0.5, 0.6) is 0 Å². The first-order chi connectivity index (χ1) is 68.6. The molecule has 0 saturated carbocycles. The number of nitrogens with one attached hydrogen (secondary N) is 4. The molecule has 0 radical (unpaired) electrons. The van der Waals surface area contributed by atoms with Crippen molar-refractivity contribution < 1.29 is 151 Å². The zero-order chi connectivity index (χ0) is 108. The summed E-state index contributed by atoms with van der Waals surface area (Å²) in [7, 11) is 5.96. The highest BCUT2D eigenvalue weighted by Crippen LogP contribution is 2.22. The molecule has 7 amide bonds. The fourth-order valence-corrected chi connectivity index (χ4v) is 13.6. The topological polar surface area (TPSA) is 649 Å². The smallest absolute Gasteiger partial charge is 0.373 e. The number of nitrogens with zero attached hydrogens (tertiary/aromatic N) is 12. The molecule has 144 heavy (non-hydrogen) atoms. The van der Waals surface area contributed by atoms with Crippen LogP contribution in [0.1, 0.15) is 158 Å². The number of carbonyl (C=O) groups is 13. The third kappa shape index (κ3) is 68.2. The number of hydrogen-bond donors (Lipinski definition) is 12. The van der Waals surface area contributed by atoms with Crippen LogP contribution in [0.25, 0.3) is 16.0 Å². The largest absolute Gasteiger partial charge is 0.480 e. The van der Waals surface area contributed by atoms with Gasteiger partial charge in [-0.1, -0.05) is 108 Å². The van der Waals surface area contributed by atoms with Crippen LogP contribution < -0.4 is 21.3 Å². The first-order valence-corrected chi connectivity index (χ1v) is 46.9. The number of unbranched alkanes of at least 4 members (excludes halogenated alkanes) is 3. The lowest BCUT2D eigenvalue weighted by molar-refractivity contribution is -0.193. The fraction of sp³-hybridized carbons (Fsp3) is 0.552. The van der Waals surface area contributed by atoms with E-state index < -0.39 is 72.0 Å². The zero-order valence-electron chi connectivity index (χ0n) is 82.7. The maximum Gasteiger partial charge on any atom is 0.373 e. The lowest BCUT2D eigenvalue weighted by atomic mass is 10.00. The second-order valence-electron chi connectivity index (χ2n) is 33.0. The highest BCUT2D eigenvalue weighted by Gasteiger charge is 2.31. The molecule has 1 aliphatic rings. The highest BCUT2D eigenvalue weighted by atomic mass is 32.1. The quantitative estimate of drug-likeness (QED) is 0.00399. The number of azide groups is 1. The number of rotatable bonds is 66. The molecule has 0 bridgehead atoms. The van der Waals surface area contributed by atoms with Gasteiger partial charge in [0.2, 0.25) is 29.5 Å². The van der Waals surface area contributed by atoms with Crippen LogP contribution in [0.2, 0.25) is 0 Å². The van der Waals surface area contributed by atoms with Crippen molar-refractivity contribution in [2.24, 2.45) is 5.11 Å². The SMILES string of the molecule is C=C(CCOCCCCC(=S)Cc1ccc(CC(CN(C)CCN(C)C)N(CC(=O)O)CC(=O)O)cc1)c1ccc(N=[N+]=[N-])cc1.CC(=O)N(O)CNC(=O)CCC(=O)N(O)CCC(=O)CCC(=O)N(O)CCCCCNC(=O)c1ccc(C)cc1.Cc1ccc(C(=O)NCCCOCCOCCOCCCNC(=O)CCC(C(=O)O)N2CCN(CC(=O)O)CCN(CC(=O)O)CC2)cc1.O=C=O.O=C=O.O=C=O. The Hall–Kier alpha value is -13.0. The van der Waals surface area contributed by atoms with Crippen molar-refractivity contribution in [1.82, 2.24) is 65.9 Å². The molecular weight excluding hydrogens is 1910 g/mol. The third-order valence-corrected chi connectivity index (χ3v) is 21.5. The van der Waals surface area contributed by atoms with Gasteiger partial charge in [0.05, 0.1) is 65.8 Å². The van der Waals surface area contributed by atoms with Crippen LogP contribution in [-0.4, -0.2) is 397 Å². The number of hydroxylamine groups is 6. The number of Topliss-reactive ketones (excluding diaryl/α,β-unsaturated/α-hetero) is 1. The summed E-state index contributed by atoms with van der Waals surface area (Å²) < 4.78 is 22.3. The van der Waals surface area contributed by atoms with Crippen molar-refractivity contribution in [1.29, 1.82) is 0 Å². The maximum atomic E-state index is 12.4. The number of carboxylic acids is 5. The normalized spacial score (nSPS) is 12.1. The van der Waals surface area contributed by atoms with Crippen LogP contribution in [0, 0.1) is 13.8 Å². The maximum absolute atomic E-state index is 12.4. The van der Waals surface area contributed by atoms with Gasteiger partial charge in [0.1, 0.15) is 18.5 Å². The van der Waals surface area contributed by atoms with Gasteiger partial charge in [-0.3, -0.25) is 97.6 Å². The van der Waals surface area contributed by atoms with Gasteiger partial charge in [-0.25, -0.2) is 15.2 Å². The Labute approximate surface area is 841 Å². The molecule has 1 heterocycles. The molecule has 0 spiro atoms. The summed E-state index contributed by atoms with van der Waals surface area (Å²) in [6.45, 7) is 16.5. The van der Waals surface area contributed by atoms with E-state index in [-0.39, 0.29) is 145 Å². The molecule has 4 aromatic carbocycles. The molecule has 47 nitrogen and oxygen atoms in total.